The van der Waals surface area contributed by atoms with Crippen LogP contribution in [-0.2, 0) is 11.2 Å². The Morgan fingerprint density at radius 1 is 1.47 bits per heavy atom. The number of rotatable bonds is 5. The Morgan fingerprint density at radius 3 is 2.79 bits per heavy atom. The Labute approximate surface area is 119 Å². The molecule has 1 fully saturated rings. The monoisotopic (exact) mass is 279 g/mol. The maximum Gasteiger partial charge on any atom is 0.235 e. The van der Waals surface area contributed by atoms with Gasteiger partial charge in [-0.25, -0.2) is 0 Å². The first-order valence-corrected chi connectivity index (χ1v) is 8.00. The summed E-state index contributed by atoms with van der Waals surface area (Å²) in [7, 11) is 0. The minimum Gasteiger partial charge on any atom is -0.486 e. The van der Waals surface area contributed by atoms with Crippen LogP contribution in [0.2, 0.25) is 0 Å². The number of amides is 1. The zero-order valence-electron chi connectivity index (χ0n) is 11.8. The van der Waals surface area contributed by atoms with Gasteiger partial charge in [-0.1, -0.05) is 25.1 Å². The summed E-state index contributed by atoms with van der Waals surface area (Å²) in [5, 5.41) is 0.0453. The number of benzene rings is 1. The van der Waals surface area contributed by atoms with Crippen LogP contribution in [0.15, 0.2) is 24.3 Å². The lowest BCUT2D eigenvalue weighted by Gasteiger charge is -2.40. The van der Waals surface area contributed by atoms with E-state index in [4.69, 9.17) is 4.74 Å². The molecule has 1 atom stereocenters. The fourth-order valence-corrected chi connectivity index (χ4v) is 2.49. The second-order valence-electron chi connectivity index (χ2n) is 4.82. The van der Waals surface area contributed by atoms with Crippen molar-refractivity contribution < 1.29 is 9.53 Å². The van der Waals surface area contributed by atoms with Gasteiger partial charge in [0.05, 0.1) is 18.3 Å². The first-order chi connectivity index (χ1) is 9.15. The molecule has 0 saturated carbocycles. The van der Waals surface area contributed by atoms with Crippen molar-refractivity contribution in [2.45, 2.75) is 31.6 Å². The summed E-state index contributed by atoms with van der Waals surface area (Å²) in [6, 6.07) is 8.12. The van der Waals surface area contributed by atoms with Gasteiger partial charge in [-0.15, -0.1) is 0 Å². The van der Waals surface area contributed by atoms with Gasteiger partial charge in [-0.3, -0.25) is 4.79 Å². The predicted molar refractivity (Wildman–Crippen MR) is 79.8 cm³/mol. The molecule has 1 amide bonds. The maximum atomic E-state index is 11.9. The van der Waals surface area contributed by atoms with Crippen molar-refractivity contribution in [2.75, 3.05) is 19.3 Å². The fraction of sp³-hybridized carbons (Fsp3) is 0.533. The molecular weight excluding hydrogens is 258 g/mol. The summed E-state index contributed by atoms with van der Waals surface area (Å²) in [6.45, 7) is 5.50. The lowest BCUT2D eigenvalue weighted by Crippen LogP contribution is -2.57. The van der Waals surface area contributed by atoms with Crippen molar-refractivity contribution in [3.8, 4) is 5.75 Å². The third kappa shape index (κ3) is 3.24. The van der Waals surface area contributed by atoms with Gasteiger partial charge in [0.1, 0.15) is 11.9 Å². The number of likely N-dealkylation sites (tertiary alicyclic amines) is 1. The SMILES string of the molecule is CCc1ccccc1OC1CN(C(=O)[C@H](C)SC)C1. The summed E-state index contributed by atoms with van der Waals surface area (Å²) >= 11 is 1.59. The molecule has 4 heteroatoms. The van der Waals surface area contributed by atoms with Crippen molar-refractivity contribution in [2.24, 2.45) is 0 Å². The highest BCUT2D eigenvalue weighted by Crippen LogP contribution is 2.24. The van der Waals surface area contributed by atoms with Crippen molar-refractivity contribution in [1.82, 2.24) is 4.90 Å². The van der Waals surface area contributed by atoms with E-state index in [0.717, 1.165) is 12.2 Å². The summed E-state index contributed by atoms with van der Waals surface area (Å²) in [5.74, 6) is 1.18. The Balaban J connectivity index is 1.86. The largest absolute Gasteiger partial charge is 0.486 e. The lowest BCUT2D eigenvalue weighted by atomic mass is 10.1. The van der Waals surface area contributed by atoms with Crippen molar-refractivity contribution in [3.63, 3.8) is 0 Å². The molecule has 1 aromatic carbocycles. The van der Waals surface area contributed by atoms with Crippen LogP contribution in [-0.4, -0.2) is 41.5 Å². The standard InChI is InChI=1S/C15H21NO2S/c1-4-12-7-5-6-8-14(12)18-13-9-16(10-13)15(17)11(2)19-3/h5-8,11,13H,4,9-10H2,1-3H3/t11-/m0/s1. The molecule has 0 N–H and O–H groups in total. The summed E-state index contributed by atoms with van der Waals surface area (Å²) < 4.78 is 5.97. The third-order valence-electron chi connectivity index (χ3n) is 3.51. The Kier molecular flexibility index (Phi) is 4.75. The Morgan fingerprint density at radius 2 is 2.16 bits per heavy atom. The summed E-state index contributed by atoms with van der Waals surface area (Å²) in [6.07, 6.45) is 3.08. The topological polar surface area (TPSA) is 29.5 Å². The number of carbonyl (C=O) groups excluding carboxylic acids is 1. The number of ether oxygens (including phenoxy) is 1. The van der Waals surface area contributed by atoms with Gasteiger partial charge in [-0.05, 0) is 31.2 Å². The van der Waals surface area contributed by atoms with E-state index < -0.39 is 0 Å². The average Bonchev–Trinajstić information content (AvgIpc) is 2.41. The molecule has 0 bridgehead atoms. The molecule has 104 valence electrons. The molecule has 0 radical (unpaired) electrons. The molecule has 19 heavy (non-hydrogen) atoms. The highest BCUT2D eigenvalue weighted by atomic mass is 32.2. The van der Waals surface area contributed by atoms with Crippen LogP contribution in [0.1, 0.15) is 19.4 Å². The second-order valence-corrected chi connectivity index (χ2v) is 6.00. The molecule has 0 unspecified atom stereocenters. The Hall–Kier alpha value is -1.16. The van der Waals surface area contributed by atoms with E-state index >= 15 is 0 Å². The number of nitrogens with zero attached hydrogens (tertiary/aromatic N) is 1. The number of hydrogen-bond acceptors (Lipinski definition) is 3. The highest BCUT2D eigenvalue weighted by Gasteiger charge is 2.34. The van der Waals surface area contributed by atoms with Crippen molar-refractivity contribution in [3.05, 3.63) is 29.8 Å². The molecule has 1 aromatic rings. The highest BCUT2D eigenvalue weighted by molar-refractivity contribution is 7.99. The van der Waals surface area contributed by atoms with Crippen LogP contribution in [0.3, 0.4) is 0 Å². The number of aryl methyl sites for hydroxylation is 1. The maximum absolute atomic E-state index is 11.9. The van der Waals surface area contributed by atoms with Gasteiger partial charge < -0.3 is 9.64 Å². The van der Waals surface area contributed by atoms with E-state index in [9.17, 15) is 4.79 Å². The molecule has 1 saturated heterocycles. The van der Waals surface area contributed by atoms with E-state index in [0.29, 0.717) is 13.1 Å². The lowest BCUT2D eigenvalue weighted by molar-refractivity contribution is -0.139. The molecule has 0 aromatic heterocycles. The average molecular weight is 279 g/mol. The van der Waals surface area contributed by atoms with Crippen LogP contribution >= 0.6 is 11.8 Å². The summed E-state index contributed by atoms with van der Waals surface area (Å²) in [5.41, 5.74) is 1.23. The fourth-order valence-electron chi connectivity index (χ4n) is 2.14. The van der Waals surface area contributed by atoms with Crippen LogP contribution in [0.4, 0.5) is 0 Å². The molecule has 0 spiro atoms. The van der Waals surface area contributed by atoms with Crippen LogP contribution < -0.4 is 4.74 Å². The first-order valence-electron chi connectivity index (χ1n) is 6.71. The molecule has 1 aliphatic heterocycles. The van der Waals surface area contributed by atoms with Crippen LogP contribution in [0, 0.1) is 0 Å². The Bertz CT molecular complexity index is 444. The number of carbonyl (C=O) groups is 1. The number of para-hydroxylation sites is 1. The quantitative estimate of drug-likeness (QED) is 0.829. The first kappa shape index (κ1) is 14.3. The van der Waals surface area contributed by atoms with E-state index in [1.54, 1.807) is 11.8 Å². The van der Waals surface area contributed by atoms with Crippen LogP contribution in [0.25, 0.3) is 0 Å². The van der Waals surface area contributed by atoms with E-state index in [1.807, 2.05) is 36.3 Å². The molecule has 1 aliphatic rings. The smallest absolute Gasteiger partial charge is 0.235 e. The third-order valence-corrected chi connectivity index (χ3v) is 4.42. The molecular formula is C15H21NO2S. The van der Waals surface area contributed by atoms with Crippen molar-refractivity contribution >= 4 is 17.7 Å². The number of hydrogen-bond donors (Lipinski definition) is 0. The molecule has 0 aliphatic carbocycles. The summed E-state index contributed by atoms with van der Waals surface area (Å²) in [4.78, 5) is 13.8. The van der Waals surface area contributed by atoms with E-state index in [2.05, 4.69) is 13.0 Å². The minimum atomic E-state index is 0.0453. The van der Waals surface area contributed by atoms with Gasteiger partial charge in [0.25, 0.3) is 0 Å². The molecule has 3 nitrogen and oxygen atoms in total. The van der Waals surface area contributed by atoms with Gasteiger partial charge in [0.2, 0.25) is 5.91 Å². The van der Waals surface area contributed by atoms with Gasteiger partial charge in [-0.2, -0.15) is 11.8 Å². The zero-order chi connectivity index (χ0) is 13.8. The zero-order valence-corrected chi connectivity index (χ0v) is 12.6. The predicted octanol–water partition coefficient (Wildman–Crippen LogP) is 2.59. The van der Waals surface area contributed by atoms with Crippen LogP contribution in [0.5, 0.6) is 5.75 Å². The van der Waals surface area contributed by atoms with Gasteiger partial charge in [0.15, 0.2) is 0 Å². The van der Waals surface area contributed by atoms with E-state index in [1.165, 1.54) is 5.56 Å². The minimum absolute atomic E-state index is 0.0453. The second kappa shape index (κ2) is 6.33. The van der Waals surface area contributed by atoms with E-state index in [-0.39, 0.29) is 17.3 Å². The van der Waals surface area contributed by atoms with Gasteiger partial charge in [0, 0.05) is 0 Å². The normalized spacial score (nSPS) is 16.9. The molecule has 2 rings (SSSR count). The van der Waals surface area contributed by atoms with Gasteiger partial charge >= 0.3 is 0 Å². The molecule has 1 heterocycles. The van der Waals surface area contributed by atoms with Crippen molar-refractivity contribution in [1.29, 1.82) is 0 Å². The number of thioether (sulfide) groups is 1.